The Morgan fingerprint density at radius 3 is 2.61 bits per heavy atom. The van der Waals surface area contributed by atoms with E-state index in [1.165, 1.54) is 14.0 Å². The smallest absolute Gasteiger partial charge is 0.331 e. The van der Waals surface area contributed by atoms with Crippen molar-refractivity contribution in [2.75, 3.05) is 20.3 Å². The van der Waals surface area contributed by atoms with Crippen LogP contribution >= 0.6 is 0 Å². The molecule has 2 unspecified atom stereocenters. The first-order chi connectivity index (χ1) is 8.37. The van der Waals surface area contributed by atoms with Crippen LogP contribution in [-0.2, 0) is 19.1 Å². The lowest BCUT2D eigenvalue weighted by molar-refractivity contribution is -0.151. The number of carbonyl (C=O) groups is 2. The molecule has 0 radical (unpaired) electrons. The summed E-state index contributed by atoms with van der Waals surface area (Å²) in [5, 5.41) is 11.5. The summed E-state index contributed by atoms with van der Waals surface area (Å²) in [7, 11) is 1.37. The summed E-state index contributed by atoms with van der Waals surface area (Å²) in [5.41, 5.74) is -1.46. The number of aliphatic carboxylic acids is 1. The van der Waals surface area contributed by atoms with Gasteiger partial charge in [-0.3, -0.25) is 4.79 Å². The van der Waals surface area contributed by atoms with Gasteiger partial charge < -0.3 is 19.9 Å². The SMILES string of the molecule is C=CCCOC(C)C(=O)NC(C)(COC)C(=O)O. The van der Waals surface area contributed by atoms with Gasteiger partial charge in [0.15, 0.2) is 5.54 Å². The monoisotopic (exact) mass is 259 g/mol. The van der Waals surface area contributed by atoms with Crippen molar-refractivity contribution in [3.8, 4) is 0 Å². The van der Waals surface area contributed by atoms with Crippen LogP contribution in [0.5, 0.6) is 0 Å². The van der Waals surface area contributed by atoms with E-state index in [9.17, 15) is 9.59 Å². The third-order valence-electron chi connectivity index (χ3n) is 2.36. The molecule has 0 spiro atoms. The Balaban J connectivity index is 4.41. The molecular weight excluding hydrogens is 238 g/mol. The van der Waals surface area contributed by atoms with E-state index in [1.807, 2.05) is 0 Å². The fourth-order valence-corrected chi connectivity index (χ4v) is 1.22. The van der Waals surface area contributed by atoms with E-state index >= 15 is 0 Å². The number of hydrogen-bond acceptors (Lipinski definition) is 4. The molecule has 2 atom stereocenters. The Labute approximate surface area is 107 Å². The largest absolute Gasteiger partial charge is 0.479 e. The van der Waals surface area contributed by atoms with Gasteiger partial charge in [0, 0.05) is 7.11 Å². The van der Waals surface area contributed by atoms with Crippen LogP contribution in [0.15, 0.2) is 12.7 Å². The second kappa shape index (κ2) is 7.84. The molecule has 6 heteroatoms. The molecule has 0 aliphatic rings. The van der Waals surface area contributed by atoms with Gasteiger partial charge in [-0.05, 0) is 20.3 Å². The minimum atomic E-state index is -1.46. The van der Waals surface area contributed by atoms with Crippen molar-refractivity contribution in [1.29, 1.82) is 0 Å². The van der Waals surface area contributed by atoms with Crippen LogP contribution < -0.4 is 5.32 Å². The topological polar surface area (TPSA) is 84.9 Å². The lowest BCUT2D eigenvalue weighted by Crippen LogP contribution is -2.57. The minimum absolute atomic E-state index is 0.118. The van der Waals surface area contributed by atoms with E-state index in [2.05, 4.69) is 11.9 Å². The summed E-state index contributed by atoms with van der Waals surface area (Å²) in [6, 6.07) is 0. The zero-order valence-corrected chi connectivity index (χ0v) is 11.1. The highest BCUT2D eigenvalue weighted by Gasteiger charge is 2.36. The summed E-state index contributed by atoms with van der Waals surface area (Å²) in [6.07, 6.45) is 1.59. The van der Waals surface area contributed by atoms with E-state index < -0.39 is 23.5 Å². The van der Waals surface area contributed by atoms with Crippen LogP contribution in [0.1, 0.15) is 20.3 Å². The van der Waals surface area contributed by atoms with Gasteiger partial charge in [0.1, 0.15) is 6.10 Å². The molecule has 1 amide bonds. The van der Waals surface area contributed by atoms with Gasteiger partial charge in [0.05, 0.1) is 13.2 Å². The van der Waals surface area contributed by atoms with E-state index in [0.29, 0.717) is 13.0 Å². The highest BCUT2D eigenvalue weighted by atomic mass is 16.5. The molecule has 0 fully saturated rings. The van der Waals surface area contributed by atoms with Crippen LogP contribution in [0.2, 0.25) is 0 Å². The molecular formula is C12H21NO5. The fourth-order valence-electron chi connectivity index (χ4n) is 1.22. The van der Waals surface area contributed by atoms with Crippen LogP contribution in [-0.4, -0.2) is 48.9 Å². The molecule has 0 rings (SSSR count). The zero-order chi connectivity index (χ0) is 14.2. The first kappa shape index (κ1) is 16.6. The number of hydrogen-bond donors (Lipinski definition) is 2. The first-order valence-electron chi connectivity index (χ1n) is 5.64. The van der Waals surface area contributed by atoms with E-state index in [1.54, 1.807) is 13.0 Å². The van der Waals surface area contributed by atoms with E-state index in [0.717, 1.165) is 0 Å². The van der Waals surface area contributed by atoms with Crippen molar-refractivity contribution in [1.82, 2.24) is 5.32 Å². The Morgan fingerprint density at radius 1 is 1.56 bits per heavy atom. The molecule has 0 aromatic rings. The van der Waals surface area contributed by atoms with Crippen molar-refractivity contribution >= 4 is 11.9 Å². The zero-order valence-electron chi connectivity index (χ0n) is 11.1. The highest BCUT2D eigenvalue weighted by molar-refractivity contribution is 5.88. The van der Waals surface area contributed by atoms with Gasteiger partial charge in [0.2, 0.25) is 5.91 Å². The average molecular weight is 259 g/mol. The third-order valence-corrected chi connectivity index (χ3v) is 2.36. The van der Waals surface area contributed by atoms with Crippen LogP contribution in [0.3, 0.4) is 0 Å². The van der Waals surface area contributed by atoms with E-state index in [4.69, 9.17) is 14.6 Å². The summed E-state index contributed by atoms with van der Waals surface area (Å²) in [5.74, 6) is -1.64. The molecule has 0 heterocycles. The normalized spacial score (nSPS) is 15.5. The van der Waals surface area contributed by atoms with Crippen molar-refractivity contribution in [3.05, 3.63) is 12.7 Å². The Bertz CT molecular complexity index is 305. The van der Waals surface area contributed by atoms with Crippen LogP contribution in [0.25, 0.3) is 0 Å². The molecule has 18 heavy (non-hydrogen) atoms. The highest BCUT2D eigenvalue weighted by Crippen LogP contribution is 2.06. The molecule has 0 aliphatic heterocycles. The van der Waals surface area contributed by atoms with Crippen molar-refractivity contribution in [2.24, 2.45) is 0 Å². The van der Waals surface area contributed by atoms with Gasteiger partial charge in [-0.15, -0.1) is 6.58 Å². The maximum Gasteiger partial charge on any atom is 0.331 e. The second-order valence-electron chi connectivity index (χ2n) is 4.15. The molecule has 0 aromatic carbocycles. The maximum atomic E-state index is 11.8. The molecule has 0 saturated heterocycles. The van der Waals surface area contributed by atoms with Crippen LogP contribution in [0, 0.1) is 0 Å². The Kier molecular flexibility index (Phi) is 7.23. The fraction of sp³-hybridized carbons (Fsp3) is 0.667. The molecule has 0 aromatic heterocycles. The van der Waals surface area contributed by atoms with E-state index in [-0.39, 0.29) is 6.61 Å². The maximum absolute atomic E-state index is 11.8. The number of rotatable bonds is 9. The van der Waals surface area contributed by atoms with Gasteiger partial charge in [-0.2, -0.15) is 0 Å². The second-order valence-corrected chi connectivity index (χ2v) is 4.15. The number of amides is 1. The van der Waals surface area contributed by atoms with Gasteiger partial charge in [-0.25, -0.2) is 4.79 Å². The quantitative estimate of drug-likeness (QED) is 0.467. The summed E-state index contributed by atoms with van der Waals surface area (Å²) >= 11 is 0. The Morgan fingerprint density at radius 2 is 2.17 bits per heavy atom. The number of carboxylic acids is 1. The van der Waals surface area contributed by atoms with Crippen molar-refractivity contribution < 1.29 is 24.2 Å². The van der Waals surface area contributed by atoms with Gasteiger partial charge in [-0.1, -0.05) is 6.08 Å². The number of methoxy groups -OCH3 is 1. The summed E-state index contributed by atoms with van der Waals surface area (Å²) in [4.78, 5) is 22.8. The predicted octanol–water partition coefficient (Wildman–Crippen LogP) is 0.573. The number of carboxylic acid groups (broad SMARTS) is 1. The third kappa shape index (κ3) is 5.29. The first-order valence-corrected chi connectivity index (χ1v) is 5.64. The van der Waals surface area contributed by atoms with Gasteiger partial charge in [0.25, 0.3) is 0 Å². The summed E-state index contributed by atoms with van der Waals surface area (Å²) < 4.78 is 10.0. The molecule has 0 saturated carbocycles. The number of ether oxygens (including phenoxy) is 2. The summed E-state index contributed by atoms with van der Waals surface area (Å²) in [6.45, 7) is 6.73. The Hall–Kier alpha value is -1.40. The average Bonchev–Trinajstić information content (AvgIpc) is 2.29. The number of carbonyl (C=O) groups excluding carboxylic acids is 1. The predicted molar refractivity (Wildman–Crippen MR) is 66.3 cm³/mol. The van der Waals surface area contributed by atoms with Gasteiger partial charge >= 0.3 is 5.97 Å². The lowest BCUT2D eigenvalue weighted by atomic mass is 10.0. The molecule has 6 nitrogen and oxygen atoms in total. The van der Waals surface area contributed by atoms with Crippen molar-refractivity contribution in [2.45, 2.75) is 31.9 Å². The number of nitrogens with one attached hydrogen (secondary N) is 1. The minimum Gasteiger partial charge on any atom is -0.479 e. The molecule has 2 N–H and O–H groups in total. The lowest BCUT2D eigenvalue weighted by Gasteiger charge is -2.26. The standard InChI is InChI=1S/C12H21NO5/c1-5-6-7-18-9(2)10(14)13-12(3,8-17-4)11(15)16/h5,9H,1,6-8H2,2-4H3,(H,13,14)(H,15,16). The van der Waals surface area contributed by atoms with Crippen molar-refractivity contribution in [3.63, 3.8) is 0 Å². The molecule has 0 bridgehead atoms. The molecule has 0 aliphatic carbocycles. The molecule has 104 valence electrons. The van der Waals surface area contributed by atoms with Crippen LogP contribution in [0.4, 0.5) is 0 Å².